The van der Waals surface area contributed by atoms with E-state index in [4.69, 9.17) is 14.6 Å². The first kappa shape index (κ1) is 14.4. The maximum Gasteiger partial charge on any atom is 0.304 e. The highest BCUT2D eigenvalue weighted by atomic mass is 32.1. The van der Waals surface area contributed by atoms with Gasteiger partial charge < -0.3 is 14.6 Å². The third-order valence-corrected chi connectivity index (χ3v) is 4.06. The molecule has 1 atom stereocenters. The molecule has 0 aliphatic rings. The number of hydrogen-bond donors (Lipinski definition) is 1. The number of thiophene rings is 1. The Bertz CT molecular complexity index is 578. The number of carbonyl (C=O) groups is 1. The van der Waals surface area contributed by atoms with Crippen LogP contribution in [-0.4, -0.2) is 25.3 Å². The zero-order valence-corrected chi connectivity index (χ0v) is 12.1. The number of ether oxygens (including phenoxy) is 2. The van der Waals surface area contributed by atoms with Crippen LogP contribution in [0.1, 0.15) is 22.8 Å². The monoisotopic (exact) mass is 292 g/mol. The van der Waals surface area contributed by atoms with Crippen molar-refractivity contribution in [2.24, 2.45) is 0 Å². The Morgan fingerprint density at radius 1 is 1.30 bits per heavy atom. The molecule has 1 aromatic carbocycles. The molecular formula is C15H16O4S. The lowest BCUT2D eigenvalue weighted by molar-refractivity contribution is -0.137. The molecule has 1 N–H and O–H groups in total. The zero-order valence-electron chi connectivity index (χ0n) is 11.3. The van der Waals surface area contributed by atoms with Gasteiger partial charge in [-0.25, -0.2) is 0 Å². The molecule has 1 unspecified atom stereocenters. The van der Waals surface area contributed by atoms with Crippen LogP contribution < -0.4 is 9.47 Å². The molecule has 20 heavy (non-hydrogen) atoms. The quantitative estimate of drug-likeness (QED) is 0.887. The molecule has 4 nitrogen and oxygen atoms in total. The highest BCUT2D eigenvalue weighted by molar-refractivity contribution is 7.10. The first-order valence-corrected chi connectivity index (χ1v) is 7.00. The molecule has 0 aliphatic heterocycles. The molecule has 0 bridgehead atoms. The van der Waals surface area contributed by atoms with Gasteiger partial charge in [-0.3, -0.25) is 4.79 Å². The van der Waals surface area contributed by atoms with E-state index >= 15 is 0 Å². The first-order valence-electron chi connectivity index (χ1n) is 6.12. The van der Waals surface area contributed by atoms with E-state index in [-0.39, 0.29) is 12.3 Å². The average molecular weight is 292 g/mol. The smallest absolute Gasteiger partial charge is 0.304 e. The van der Waals surface area contributed by atoms with Gasteiger partial charge in [0, 0.05) is 16.4 Å². The highest BCUT2D eigenvalue weighted by Gasteiger charge is 2.23. The first-order chi connectivity index (χ1) is 9.65. The Morgan fingerprint density at radius 2 is 2.10 bits per heavy atom. The minimum absolute atomic E-state index is 0.0179. The molecular weight excluding hydrogens is 276 g/mol. The number of carboxylic acids is 1. The summed E-state index contributed by atoms with van der Waals surface area (Å²) in [6.07, 6.45) is 0.0179. The molecule has 0 spiro atoms. The van der Waals surface area contributed by atoms with Gasteiger partial charge in [0.15, 0.2) is 0 Å². The second kappa shape index (κ2) is 6.43. The number of aliphatic carboxylic acids is 1. The number of hydrogen-bond acceptors (Lipinski definition) is 4. The Kier molecular flexibility index (Phi) is 4.63. The molecule has 0 amide bonds. The van der Waals surface area contributed by atoms with Crippen molar-refractivity contribution >= 4 is 17.3 Å². The topological polar surface area (TPSA) is 55.8 Å². The van der Waals surface area contributed by atoms with Crippen LogP contribution in [0.5, 0.6) is 11.5 Å². The van der Waals surface area contributed by atoms with Crippen molar-refractivity contribution in [1.29, 1.82) is 0 Å². The zero-order chi connectivity index (χ0) is 14.5. The van der Waals surface area contributed by atoms with Crippen LogP contribution >= 0.6 is 11.3 Å². The van der Waals surface area contributed by atoms with E-state index in [1.807, 2.05) is 23.6 Å². The van der Waals surface area contributed by atoms with Crippen LogP contribution in [0.4, 0.5) is 0 Å². The fourth-order valence-corrected chi connectivity index (χ4v) is 2.99. The summed E-state index contributed by atoms with van der Waals surface area (Å²) in [7, 11) is 3.17. The van der Waals surface area contributed by atoms with E-state index in [1.165, 1.54) is 0 Å². The van der Waals surface area contributed by atoms with E-state index in [9.17, 15) is 4.79 Å². The van der Waals surface area contributed by atoms with Crippen molar-refractivity contribution < 1.29 is 19.4 Å². The number of methoxy groups -OCH3 is 2. The van der Waals surface area contributed by atoms with Crippen LogP contribution in [0, 0.1) is 0 Å². The van der Waals surface area contributed by atoms with Crippen molar-refractivity contribution in [3.63, 3.8) is 0 Å². The maximum absolute atomic E-state index is 11.2. The summed E-state index contributed by atoms with van der Waals surface area (Å²) in [5, 5.41) is 11.1. The van der Waals surface area contributed by atoms with Crippen LogP contribution in [0.2, 0.25) is 0 Å². The molecule has 0 aliphatic carbocycles. The minimum atomic E-state index is -0.840. The average Bonchev–Trinajstić information content (AvgIpc) is 2.97. The van der Waals surface area contributed by atoms with Gasteiger partial charge >= 0.3 is 5.97 Å². The van der Waals surface area contributed by atoms with Crippen LogP contribution in [0.15, 0.2) is 35.7 Å². The molecule has 1 aromatic heterocycles. The Morgan fingerprint density at radius 3 is 2.65 bits per heavy atom. The standard InChI is InChI=1S/C15H16O4S/c1-18-10-5-6-13(19-2)11(8-10)12(9-15(16)17)14-4-3-7-20-14/h3-8,12H,9H2,1-2H3,(H,16,17). The lowest BCUT2D eigenvalue weighted by Crippen LogP contribution is -2.08. The Hall–Kier alpha value is -2.01. The van der Waals surface area contributed by atoms with E-state index in [1.54, 1.807) is 37.7 Å². The minimum Gasteiger partial charge on any atom is -0.497 e. The van der Waals surface area contributed by atoms with Gasteiger partial charge in [0.25, 0.3) is 0 Å². The number of rotatable bonds is 6. The predicted octanol–water partition coefficient (Wildman–Crippen LogP) is 3.37. The SMILES string of the molecule is COc1ccc(OC)c(C(CC(=O)O)c2cccs2)c1. The summed E-state index contributed by atoms with van der Waals surface area (Å²) >= 11 is 1.54. The summed E-state index contributed by atoms with van der Waals surface area (Å²) in [6.45, 7) is 0. The Labute approximate surface area is 121 Å². The van der Waals surface area contributed by atoms with Gasteiger partial charge in [-0.1, -0.05) is 6.07 Å². The second-order valence-electron chi connectivity index (χ2n) is 4.27. The lowest BCUT2D eigenvalue weighted by Gasteiger charge is -2.18. The van der Waals surface area contributed by atoms with Gasteiger partial charge in [-0.05, 0) is 29.6 Å². The summed E-state index contributed by atoms with van der Waals surface area (Å²) in [6, 6.07) is 9.30. The van der Waals surface area contributed by atoms with Crippen molar-refractivity contribution in [3.8, 4) is 11.5 Å². The van der Waals surface area contributed by atoms with Crippen molar-refractivity contribution in [2.45, 2.75) is 12.3 Å². The van der Waals surface area contributed by atoms with Crippen LogP contribution in [-0.2, 0) is 4.79 Å². The van der Waals surface area contributed by atoms with Gasteiger partial charge in [0.1, 0.15) is 11.5 Å². The van der Waals surface area contributed by atoms with Crippen molar-refractivity contribution in [1.82, 2.24) is 0 Å². The predicted molar refractivity (Wildman–Crippen MR) is 78.0 cm³/mol. The van der Waals surface area contributed by atoms with Crippen LogP contribution in [0.25, 0.3) is 0 Å². The molecule has 2 aromatic rings. The van der Waals surface area contributed by atoms with Gasteiger partial charge in [-0.2, -0.15) is 0 Å². The van der Waals surface area contributed by atoms with Gasteiger partial charge in [-0.15, -0.1) is 11.3 Å². The van der Waals surface area contributed by atoms with Gasteiger partial charge in [0.05, 0.1) is 20.6 Å². The third-order valence-electron chi connectivity index (χ3n) is 3.08. The fraction of sp³-hybridized carbons (Fsp3) is 0.267. The van der Waals surface area contributed by atoms with E-state index in [0.717, 1.165) is 10.4 Å². The fourth-order valence-electron chi connectivity index (χ4n) is 2.14. The number of benzene rings is 1. The molecule has 106 valence electrons. The largest absolute Gasteiger partial charge is 0.497 e. The van der Waals surface area contributed by atoms with E-state index in [0.29, 0.717) is 11.5 Å². The van der Waals surface area contributed by atoms with Crippen LogP contribution in [0.3, 0.4) is 0 Å². The van der Waals surface area contributed by atoms with Crippen molar-refractivity contribution in [3.05, 3.63) is 46.2 Å². The molecule has 5 heteroatoms. The lowest BCUT2D eigenvalue weighted by atomic mass is 9.93. The maximum atomic E-state index is 11.2. The molecule has 0 fully saturated rings. The molecule has 0 saturated carbocycles. The molecule has 0 saturated heterocycles. The number of carboxylic acid groups (broad SMARTS) is 1. The summed E-state index contributed by atoms with van der Waals surface area (Å²) in [5.74, 6) is 0.281. The summed E-state index contributed by atoms with van der Waals surface area (Å²) in [5.41, 5.74) is 0.830. The molecule has 2 rings (SSSR count). The normalized spacial score (nSPS) is 11.9. The third kappa shape index (κ3) is 3.11. The Balaban J connectivity index is 2.49. The van der Waals surface area contributed by atoms with E-state index in [2.05, 4.69) is 0 Å². The summed E-state index contributed by atoms with van der Waals surface area (Å²) in [4.78, 5) is 12.2. The van der Waals surface area contributed by atoms with Gasteiger partial charge in [0.2, 0.25) is 0 Å². The molecule has 1 heterocycles. The van der Waals surface area contributed by atoms with E-state index < -0.39 is 5.97 Å². The second-order valence-corrected chi connectivity index (χ2v) is 5.25. The van der Waals surface area contributed by atoms with Crippen molar-refractivity contribution in [2.75, 3.05) is 14.2 Å². The summed E-state index contributed by atoms with van der Waals surface area (Å²) < 4.78 is 10.6. The molecule has 0 radical (unpaired) electrons. The highest BCUT2D eigenvalue weighted by Crippen LogP contribution is 2.38.